The van der Waals surface area contributed by atoms with Gasteiger partial charge < -0.3 is 9.84 Å². The number of nitrogens with zero attached hydrogens (tertiary/aromatic N) is 1. The SMILES string of the molecule is Cc1csc(COC2CCC(C(=O)O)CC2)n1. The molecule has 94 valence electrons. The van der Waals surface area contributed by atoms with Gasteiger partial charge in [-0.15, -0.1) is 11.3 Å². The Morgan fingerprint density at radius 2 is 2.24 bits per heavy atom. The largest absolute Gasteiger partial charge is 0.481 e. The lowest BCUT2D eigenvalue weighted by atomic mass is 9.87. The van der Waals surface area contributed by atoms with Gasteiger partial charge in [0.15, 0.2) is 0 Å². The molecule has 0 bridgehead atoms. The molecule has 0 unspecified atom stereocenters. The molecular weight excluding hydrogens is 238 g/mol. The van der Waals surface area contributed by atoms with Gasteiger partial charge in [-0.3, -0.25) is 4.79 Å². The fourth-order valence-corrected chi connectivity index (χ4v) is 2.83. The summed E-state index contributed by atoms with van der Waals surface area (Å²) in [5.74, 6) is -0.837. The van der Waals surface area contributed by atoms with E-state index in [1.54, 1.807) is 11.3 Å². The lowest BCUT2D eigenvalue weighted by molar-refractivity contribution is -0.143. The van der Waals surface area contributed by atoms with Gasteiger partial charge in [0.05, 0.1) is 18.6 Å². The molecule has 0 aliphatic heterocycles. The normalized spacial score (nSPS) is 24.8. The second-order valence-corrected chi connectivity index (χ2v) is 5.45. The third-order valence-corrected chi connectivity index (χ3v) is 4.07. The first-order valence-electron chi connectivity index (χ1n) is 5.90. The number of hydrogen-bond acceptors (Lipinski definition) is 4. The zero-order valence-corrected chi connectivity index (χ0v) is 10.7. The van der Waals surface area contributed by atoms with Crippen molar-refractivity contribution < 1.29 is 14.6 Å². The van der Waals surface area contributed by atoms with E-state index in [2.05, 4.69) is 4.98 Å². The summed E-state index contributed by atoms with van der Waals surface area (Å²) < 4.78 is 5.77. The summed E-state index contributed by atoms with van der Waals surface area (Å²) in [5.41, 5.74) is 1.03. The molecule has 0 spiro atoms. The van der Waals surface area contributed by atoms with E-state index in [0.29, 0.717) is 6.61 Å². The topological polar surface area (TPSA) is 59.4 Å². The molecule has 1 aromatic heterocycles. The van der Waals surface area contributed by atoms with Crippen LogP contribution in [-0.2, 0) is 16.1 Å². The van der Waals surface area contributed by atoms with Crippen LogP contribution in [0.1, 0.15) is 36.4 Å². The Kier molecular flexibility index (Phi) is 4.12. The van der Waals surface area contributed by atoms with Crippen molar-refractivity contribution in [2.45, 2.75) is 45.3 Å². The number of hydrogen-bond donors (Lipinski definition) is 1. The fraction of sp³-hybridized carbons (Fsp3) is 0.667. The number of carbonyl (C=O) groups is 1. The Labute approximate surface area is 105 Å². The van der Waals surface area contributed by atoms with Crippen molar-refractivity contribution in [2.75, 3.05) is 0 Å². The number of aryl methyl sites for hydroxylation is 1. The minimum Gasteiger partial charge on any atom is -0.481 e. The second kappa shape index (κ2) is 5.60. The average Bonchev–Trinajstić information content (AvgIpc) is 2.73. The molecule has 1 heterocycles. The van der Waals surface area contributed by atoms with Crippen LogP contribution < -0.4 is 0 Å². The molecule has 0 amide bonds. The van der Waals surface area contributed by atoms with Crippen LogP contribution in [0.15, 0.2) is 5.38 Å². The smallest absolute Gasteiger partial charge is 0.306 e. The Morgan fingerprint density at radius 3 is 2.76 bits per heavy atom. The molecule has 0 radical (unpaired) electrons. The van der Waals surface area contributed by atoms with Crippen LogP contribution in [0.5, 0.6) is 0 Å². The van der Waals surface area contributed by atoms with Crippen molar-refractivity contribution in [1.29, 1.82) is 0 Å². The molecule has 1 saturated carbocycles. The van der Waals surface area contributed by atoms with Gasteiger partial charge in [0.25, 0.3) is 0 Å². The van der Waals surface area contributed by atoms with Gasteiger partial charge in [-0.1, -0.05) is 0 Å². The summed E-state index contributed by atoms with van der Waals surface area (Å²) in [5, 5.41) is 11.9. The van der Waals surface area contributed by atoms with E-state index in [1.165, 1.54) is 0 Å². The first-order chi connectivity index (χ1) is 8.15. The molecule has 1 aliphatic carbocycles. The monoisotopic (exact) mass is 255 g/mol. The number of carboxylic acids is 1. The molecule has 2 rings (SSSR count). The number of ether oxygens (including phenoxy) is 1. The Morgan fingerprint density at radius 1 is 1.53 bits per heavy atom. The minimum absolute atomic E-state index is 0.169. The van der Waals surface area contributed by atoms with Crippen molar-refractivity contribution in [2.24, 2.45) is 5.92 Å². The van der Waals surface area contributed by atoms with E-state index in [4.69, 9.17) is 9.84 Å². The standard InChI is InChI=1S/C12H17NO3S/c1-8-7-17-11(13-8)6-16-10-4-2-9(3-5-10)12(14)15/h7,9-10H,2-6H2,1H3,(H,14,15). The summed E-state index contributed by atoms with van der Waals surface area (Å²) in [6.07, 6.45) is 3.37. The van der Waals surface area contributed by atoms with Gasteiger partial charge in [-0.2, -0.15) is 0 Å². The van der Waals surface area contributed by atoms with Crippen LogP contribution in [-0.4, -0.2) is 22.2 Å². The number of rotatable bonds is 4. The number of aromatic nitrogens is 1. The number of aliphatic carboxylic acids is 1. The van der Waals surface area contributed by atoms with Crippen LogP contribution in [0.2, 0.25) is 0 Å². The van der Waals surface area contributed by atoms with Crippen molar-refractivity contribution >= 4 is 17.3 Å². The minimum atomic E-state index is -0.668. The molecule has 1 fully saturated rings. The Hall–Kier alpha value is -0.940. The first kappa shape index (κ1) is 12.5. The van der Waals surface area contributed by atoms with Gasteiger partial charge in [-0.05, 0) is 32.6 Å². The van der Waals surface area contributed by atoms with Gasteiger partial charge in [0, 0.05) is 11.1 Å². The predicted octanol–water partition coefficient (Wildman–Crippen LogP) is 2.61. The summed E-state index contributed by atoms with van der Waals surface area (Å²) >= 11 is 1.61. The highest BCUT2D eigenvalue weighted by molar-refractivity contribution is 7.09. The third-order valence-electron chi connectivity index (χ3n) is 3.13. The molecule has 0 aromatic carbocycles. The average molecular weight is 255 g/mol. The molecule has 0 atom stereocenters. The van der Waals surface area contributed by atoms with Crippen molar-refractivity contribution in [1.82, 2.24) is 4.98 Å². The van der Waals surface area contributed by atoms with E-state index >= 15 is 0 Å². The van der Waals surface area contributed by atoms with Crippen LogP contribution in [0.25, 0.3) is 0 Å². The van der Waals surface area contributed by atoms with Gasteiger partial charge in [0.2, 0.25) is 0 Å². The summed E-state index contributed by atoms with van der Waals surface area (Å²) in [6, 6.07) is 0. The quantitative estimate of drug-likeness (QED) is 0.898. The van der Waals surface area contributed by atoms with E-state index in [-0.39, 0.29) is 12.0 Å². The number of carboxylic acid groups (broad SMARTS) is 1. The van der Waals surface area contributed by atoms with E-state index in [9.17, 15) is 4.79 Å². The van der Waals surface area contributed by atoms with Gasteiger partial charge >= 0.3 is 5.97 Å². The van der Waals surface area contributed by atoms with E-state index in [0.717, 1.165) is 36.4 Å². The lowest BCUT2D eigenvalue weighted by Crippen LogP contribution is -2.25. The molecule has 1 aromatic rings. The molecule has 5 heteroatoms. The second-order valence-electron chi connectivity index (χ2n) is 4.51. The maximum atomic E-state index is 10.8. The van der Waals surface area contributed by atoms with Crippen molar-refractivity contribution in [3.63, 3.8) is 0 Å². The Balaban J connectivity index is 1.73. The van der Waals surface area contributed by atoms with Crippen LogP contribution >= 0.6 is 11.3 Å². The highest BCUT2D eigenvalue weighted by Gasteiger charge is 2.26. The molecular formula is C12H17NO3S. The first-order valence-corrected chi connectivity index (χ1v) is 6.78. The van der Waals surface area contributed by atoms with E-state index in [1.807, 2.05) is 12.3 Å². The van der Waals surface area contributed by atoms with Crippen LogP contribution in [0, 0.1) is 12.8 Å². The van der Waals surface area contributed by atoms with E-state index < -0.39 is 5.97 Å². The zero-order valence-electron chi connectivity index (χ0n) is 9.89. The molecule has 1 aliphatic rings. The Bertz CT molecular complexity index is 383. The highest BCUT2D eigenvalue weighted by Crippen LogP contribution is 2.27. The predicted molar refractivity (Wildman–Crippen MR) is 65.0 cm³/mol. The molecule has 0 saturated heterocycles. The zero-order chi connectivity index (χ0) is 12.3. The van der Waals surface area contributed by atoms with Crippen LogP contribution in [0.4, 0.5) is 0 Å². The molecule has 1 N–H and O–H groups in total. The maximum absolute atomic E-state index is 10.8. The van der Waals surface area contributed by atoms with Crippen LogP contribution in [0.3, 0.4) is 0 Å². The summed E-state index contributed by atoms with van der Waals surface area (Å²) in [4.78, 5) is 15.1. The highest BCUT2D eigenvalue weighted by atomic mass is 32.1. The summed E-state index contributed by atoms with van der Waals surface area (Å²) in [7, 11) is 0. The number of thiazole rings is 1. The lowest BCUT2D eigenvalue weighted by Gasteiger charge is -2.25. The van der Waals surface area contributed by atoms with Gasteiger partial charge in [0.1, 0.15) is 5.01 Å². The fourth-order valence-electron chi connectivity index (χ4n) is 2.13. The summed E-state index contributed by atoms with van der Waals surface area (Å²) in [6.45, 7) is 2.53. The molecule has 17 heavy (non-hydrogen) atoms. The third kappa shape index (κ3) is 3.51. The molecule has 4 nitrogen and oxygen atoms in total. The van der Waals surface area contributed by atoms with Crippen molar-refractivity contribution in [3.05, 3.63) is 16.1 Å². The maximum Gasteiger partial charge on any atom is 0.306 e. The van der Waals surface area contributed by atoms with Crippen molar-refractivity contribution in [3.8, 4) is 0 Å². The van der Waals surface area contributed by atoms with Gasteiger partial charge in [-0.25, -0.2) is 4.98 Å².